The Morgan fingerprint density at radius 1 is 1.25 bits per heavy atom. The third-order valence-electron chi connectivity index (χ3n) is 1.18. The summed E-state index contributed by atoms with van der Waals surface area (Å²) in [6.07, 6.45) is 0. The molecular weight excluding hydrogens is 298 g/mol. The Morgan fingerprint density at radius 2 is 1.75 bits per heavy atom. The maximum Gasteiger partial charge on any atom is 0.228 e. The van der Waals surface area contributed by atoms with Crippen LogP contribution in [0.4, 0.5) is 8.78 Å². The predicted molar refractivity (Wildman–Crippen MR) is 48.4 cm³/mol. The second-order valence-electron chi connectivity index (χ2n) is 1.95. The van der Waals surface area contributed by atoms with Crippen molar-refractivity contribution in [2.45, 2.75) is 0 Å². The van der Waals surface area contributed by atoms with Gasteiger partial charge in [0.15, 0.2) is 5.82 Å². The number of ether oxygens (including phenoxy) is 1. The van der Waals surface area contributed by atoms with Gasteiger partial charge in [-0.25, -0.2) is 8.78 Å². The van der Waals surface area contributed by atoms with Crippen LogP contribution < -0.4 is 4.74 Å². The Morgan fingerprint density at radius 3 is 2.17 bits per heavy atom. The average molecular weight is 302 g/mol. The number of hydrogen-bond donors (Lipinski definition) is 0. The van der Waals surface area contributed by atoms with Crippen molar-refractivity contribution in [1.82, 2.24) is 0 Å². The van der Waals surface area contributed by atoms with Crippen LogP contribution in [0.25, 0.3) is 0 Å². The van der Waals surface area contributed by atoms with Crippen molar-refractivity contribution < 1.29 is 13.5 Å². The van der Waals surface area contributed by atoms with E-state index in [-0.39, 0.29) is 14.7 Å². The van der Waals surface area contributed by atoms with Gasteiger partial charge >= 0.3 is 0 Å². The molecule has 0 amide bonds. The normalized spacial score (nSPS) is 10.0. The molecule has 0 unspecified atom stereocenters. The van der Waals surface area contributed by atoms with Crippen LogP contribution in [0.1, 0.15) is 0 Å². The maximum absolute atomic E-state index is 12.9. The van der Waals surface area contributed by atoms with E-state index in [2.05, 4.69) is 36.6 Å². The number of halogens is 4. The van der Waals surface area contributed by atoms with Crippen LogP contribution in [0.3, 0.4) is 0 Å². The van der Waals surface area contributed by atoms with Gasteiger partial charge in [-0.2, -0.15) is 0 Å². The summed E-state index contributed by atoms with van der Waals surface area (Å²) >= 11 is 5.92. The lowest BCUT2D eigenvalue weighted by Gasteiger charge is -2.03. The van der Waals surface area contributed by atoms with Crippen LogP contribution >= 0.6 is 31.9 Å². The second-order valence-corrected chi connectivity index (χ2v) is 3.66. The smallest absolute Gasteiger partial charge is 0.228 e. The topological polar surface area (TPSA) is 9.23 Å². The standard InChI is InChI=1S/C7H4Br2F2O/c8-5-1-4(12-3-10)2-6(9)7(5)11/h1-2H,3H2. The zero-order valence-corrected chi connectivity index (χ0v) is 8.95. The van der Waals surface area contributed by atoms with Gasteiger partial charge in [0, 0.05) is 0 Å². The summed E-state index contributed by atoms with van der Waals surface area (Å²) in [5.74, 6) is -0.154. The Balaban J connectivity index is 3.04. The number of hydrogen-bond acceptors (Lipinski definition) is 1. The van der Waals surface area contributed by atoms with Gasteiger partial charge in [0.1, 0.15) is 5.75 Å². The molecule has 66 valence electrons. The van der Waals surface area contributed by atoms with E-state index in [0.29, 0.717) is 0 Å². The first kappa shape index (κ1) is 9.92. The van der Waals surface area contributed by atoms with E-state index in [0.717, 1.165) is 0 Å². The highest BCUT2D eigenvalue weighted by atomic mass is 79.9. The van der Waals surface area contributed by atoms with Crippen LogP contribution in [0.15, 0.2) is 21.1 Å². The van der Waals surface area contributed by atoms with Gasteiger partial charge in [-0.15, -0.1) is 0 Å². The molecule has 1 nitrogen and oxygen atoms in total. The third kappa shape index (κ3) is 2.17. The lowest BCUT2D eigenvalue weighted by Crippen LogP contribution is -1.91. The Bertz CT molecular complexity index is 268. The number of benzene rings is 1. The molecule has 1 aromatic carbocycles. The molecule has 1 rings (SSSR count). The molecule has 0 spiro atoms. The fourth-order valence-corrected chi connectivity index (χ4v) is 1.82. The molecule has 0 N–H and O–H groups in total. The molecule has 0 aliphatic rings. The Kier molecular flexibility index (Phi) is 3.46. The van der Waals surface area contributed by atoms with Crippen molar-refractivity contribution in [3.63, 3.8) is 0 Å². The molecule has 0 fully saturated rings. The Labute approximate surface area is 85.0 Å². The van der Waals surface area contributed by atoms with Crippen molar-refractivity contribution in [2.24, 2.45) is 0 Å². The summed E-state index contributed by atoms with van der Waals surface area (Å²) < 4.78 is 29.6. The van der Waals surface area contributed by atoms with E-state index in [1.165, 1.54) is 12.1 Å². The molecule has 1 aromatic rings. The van der Waals surface area contributed by atoms with Crippen molar-refractivity contribution in [3.8, 4) is 5.75 Å². The molecule has 0 aromatic heterocycles. The highest BCUT2D eigenvalue weighted by molar-refractivity contribution is 9.11. The molecule has 0 atom stereocenters. The molecule has 0 aliphatic carbocycles. The third-order valence-corrected chi connectivity index (χ3v) is 2.33. The van der Waals surface area contributed by atoms with Crippen molar-refractivity contribution in [1.29, 1.82) is 0 Å². The first-order chi connectivity index (χ1) is 5.65. The van der Waals surface area contributed by atoms with E-state index >= 15 is 0 Å². The first-order valence-electron chi connectivity index (χ1n) is 2.98. The van der Waals surface area contributed by atoms with E-state index < -0.39 is 12.7 Å². The van der Waals surface area contributed by atoms with Crippen LogP contribution in [-0.4, -0.2) is 6.86 Å². The summed E-state index contributed by atoms with van der Waals surface area (Å²) in [6, 6.07) is 2.72. The summed E-state index contributed by atoms with van der Waals surface area (Å²) in [6.45, 7) is -0.926. The highest BCUT2D eigenvalue weighted by Gasteiger charge is 2.06. The van der Waals surface area contributed by atoms with Gasteiger partial charge in [-0.3, -0.25) is 0 Å². The van der Waals surface area contributed by atoms with Crippen molar-refractivity contribution in [2.75, 3.05) is 6.86 Å². The molecule has 0 bridgehead atoms. The van der Waals surface area contributed by atoms with Gasteiger partial charge in [0.25, 0.3) is 0 Å². The monoisotopic (exact) mass is 300 g/mol. The summed E-state index contributed by atoms with van der Waals surface area (Å²) in [5.41, 5.74) is 0. The number of rotatable bonds is 2. The molecule has 0 aliphatic heterocycles. The van der Waals surface area contributed by atoms with Gasteiger partial charge in [-0.05, 0) is 44.0 Å². The van der Waals surface area contributed by atoms with Gasteiger partial charge < -0.3 is 4.74 Å². The van der Waals surface area contributed by atoms with Crippen molar-refractivity contribution >= 4 is 31.9 Å². The SMILES string of the molecule is FCOc1cc(Br)c(F)c(Br)c1. The zero-order chi connectivity index (χ0) is 9.14. The first-order valence-corrected chi connectivity index (χ1v) is 4.57. The van der Waals surface area contributed by atoms with E-state index in [1.54, 1.807) is 0 Å². The largest absolute Gasteiger partial charge is 0.463 e. The van der Waals surface area contributed by atoms with Gasteiger partial charge in [-0.1, -0.05) is 0 Å². The van der Waals surface area contributed by atoms with Crippen LogP contribution in [0.2, 0.25) is 0 Å². The minimum atomic E-state index is -0.926. The summed E-state index contributed by atoms with van der Waals surface area (Å²) in [5, 5.41) is 0. The fraction of sp³-hybridized carbons (Fsp3) is 0.143. The lowest BCUT2D eigenvalue weighted by molar-refractivity contribution is 0.191. The molecule has 0 radical (unpaired) electrons. The summed E-state index contributed by atoms with van der Waals surface area (Å²) in [7, 11) is 0. The quantitative estimate of drug-likeness (QED) is 0.758. The fourth-order valence-electron chi connectivity index (χ4n) is 0.679. The molecule has 0 saturated carbocycles. The molecule has 0 saturated heterocycles. The molecule has 5 heteroatoms. The van der Waals surface area contributed by atoms with Crippen LogP contribution in [0, 0.1) is 5.82 Å². The highest BCUT2D eigenvalue weighted by Crippen LogP contribution is 2.29. The predicted octanol–water partition coefficient (Wildman–Crippen LogP) is 3.66. The van der Waals surface area contributed by atoms with E-state index in [1.807, 2.05) is 0 Å². The van der Waals surface area contributed by atoms with Gasteiger partial charge in [0.05, 0.1) is 8.95 Å². The minimum absolute atomic E-state index is 0.236. The van der Waals surface area contributed by atoms with Crippen molar-refractivity contribution in [3.05, 3.63) is 26.9 Å². The minimum Gasteiger partial charge on any atom is -0.463 e. The van der Waals surface area contributed by atoms with Crippen LogP contribution in [0.5, 0.6) is 5.75 Å². The maximum atomic E-state index is 12.9. The van der Waals surface area contributed by atoms with E-state index in [9.17, 15) is 8.78 Å². The zero-order valence-electron chi connectivity index (χ0n) is 5.78. The Hall–Kier alpha value is -0.160. The van der Waals surface area contributed by atoms with Gasteiger partial charge in [0.2, 0.25) is 6.86 Å². The summed E-state index contributed by atoms with van der Waals surface area (Å²) in [4.78, 5) is 0. The second kappa shape index (κ2) is 4.18. The lowest BCUT2D eigenvalue weighted by atomic mass is 10.3. The van der Waals surface area contributed by atoms with Crippen LogP contribution in [-0.2, 0) is 0 Å². The average Bonchev–Trinajstić information content (AvgIpc) is 2.01. The molecular formula is C7H4Br2F2O. The number of alkyl halides is 1. The molecule has 12 heavy (non-hydrogen) atoms. The van der Waals surface area contributed by atoms with E-state index in [4.69, 9.17) is 0 Å². The molecule has 0 heterocycles.